The van der Waals surface area contributed by atoms with Crippen molar-refractivity contribution in [2.75, 3.05) is 7.11 Å². The summed E-state index contributed by atoms with van der Waals surface area (Å²) in [6, 6.07) is 8.31. The van der Waals surface area contributed by atoms with Crippen molar-refractivity contribution in [2.24, 2.45) is 0 Å². The quantitative estimate of drug-likeness (QED) is 0.799. The Morgan fingerprint density at radius 3 is 3.00 bits per heavy atom. The van der Waals surface area contributed by atoms with Crippen LogP contribution in [-0.4, -0.2) is 12.1 Å². The fraction of sp³-hybridized carbons (Fsp3) is 0.357. The lowest BCUT2D eigenvalue weighted by Gasteiger charge is -2.12. The normalized spacial score (nSPS) is 12.4. The number of rotatable bonds is 5. The molecule has 0 aliphatic rings. The Balaban J connectivity index is 1.96. The number of ether oxygens (including phenoxy) is 1. The molecule has 1 heterocycles. The Labute approximate surface area is 106 Å². The van der Waals surface area contributed by atoms with Gasteiger partial charge in [-0.15, -0.1) is 11.3 Å². The van der Waals surface area contributed by atoms with E-state index >= 15 is 0 Å². The molecule has 0 unspecified atom stereocenters. The van der Waals surface area contributed by atoms with Crippen LogP contribution in [-0.2, 0) is 6.42 Å². The summed E-state index contributed by atoms with van der Waals surface area (Å²) in [5.74, 6) is 1.47. The van der Waals surface area contributed by atoms with E-state index in [2.05, 4.69) is 24.0 Å². The van der Waals surface area contributed by atoms with Crippen LogP contribution in [0.4, 0.5) is 0 Å². The molecule has 2 rings (SSSR count). The smallest absolute Gasteiger partial charge is 0.119 e. The number of aryl methyl sites for hydroxylation is 1. The highest BCUT2D eigenvalue weighted by atomic mass is 32.1. The average Bonchev–Trinajstić information content (AvgIpc) is 2.89. The van der Waals surface area contributed by atoms with Gasteiger partial charge in [-0.25, -0.2) is 4.98 Å². The highest BCUT2D eigenvalue weighted by molar-refractivity contribution is 7.09. The zero-order chi connectivity index (χ0) is 12.1. The van der Waals surface area contributed by atoms with Crippen molar-refractivity contribution < 1.29 is 4.74 Å². The lowest BCUT2D eigenvalue weighted by Crippen LogP contribution is -1.97. The Morgan fingerprint density at radius 1 is 1.41 bits per heavy atom. The Morgan fingerprint density at radius 2 is 2.29 bits per heavy atom. The van der Waals surface area contributed by atoms with Crippen LogP contribution in [0.2, 0.25) is 0 Å². The molecule has 0 N–H and O–H groups in total. The average molecular weight is 247 g/mol. The van der Waals surface area contributed by atoms with Gasteiger partial charge in [-0.2, -0.15) is 0 Å². The third-order valence-electron chi connectivity index (χ3n) is 2.94. The number of hydrogen-bond donors (Lipinski definition) is 0. The molecule has 17 heavy (non-hydrogen) atoms. The monoisotopic (exact) mass is 247 g/mol. The van der Waals surface area contributed by atoms with Crippen LogP contribution in [0.15, 0.2) is 35.8 Å². The summed E-state index contributed by atoms with van der Waals surface area (Å²) in [6.45, 7) is 2.25. The molecular formula is C14H17NOS. The molecule has 0 fully saturated rings. The SMILES string of the molecule is COc1cccc([C@@H](C)CCc2nccs2)c1. The number of benzene rings is 1. The van der Waals surface area contributed by atoms with Crippen molar-refractivity contribution >= 4 is 11.3 Å². The molecule has 0 amide bonds. The highest BCUT2D eigenvalue weighted by Gasteiger charge is 2.07. The van der Waals surface area contributed by atoms with E-state index in [9.17, 15) is 0 Å². The number of aromatic nitrogens is 1. The van der Waals surface area contributed by atoms with E-state index in [4.69, 9.17) is 4.74 Å². The van der Waals surface area contributed by atoms with Crippen LogP contribution in [0, 0.1) is 0 Å². The minimum atomic E-state index is 0.536. The molecule has 0 bridgehead atoms. The van der Waals surface area contributed by atoms with E-state index in [1.165, 1.54) is 10.6 Å². The summed E-state index contributed by atoms with van der Waals surface area (Å²) in [5, 5.41) is 3.26. The topological polar surface area (TPSA) is 22.1 Å². The molecule has 0 aliphatic carbocycles. The summed E-state index contributed by atoms with van der Waals surface area (Å²) in [6.07, 6.45) is 4.05. The molecule has 0 saturated heterocycles. The van der Waals surface area contributed by atoms with Crippen molar-refractivity contribution in [1.29, 1.82) is 0 Å². The first-order chi connectivity index (χ1) is 8.29. The number of nitrogens with zero attached hydrogens (tertiary/aromatic N) is 1. The minimum absolute atomic E-state index is 0.536. The molecule has 1 aromatic carbocycles. The fourth-order valence-electron chi connectivity index (χ4n) is 1.83. The summed E-state index contributed by atoms with van der Waals surface area (Å²) in [7, 11) is 1.71. The standard InChI is InChI=1S/C14H17NOS/c1-11(6-7-14-15-8-9-17-14)12-4-3-5-13(10-12)16-2/h3-5,8-11H,6-7H2,1-2H3/t11-/m0/s1. The van der Waals surface area contributed by atoms with Crippen molar-refractivity contribution in [3.05, 3.63) is 46.4 Å². The maximum Gasteiger partial charge on any atom is 0.119 e. The predicted molar refractivity (Wildman–Crippen MR) is 71.8 cm³/mol. The summed E-state index contributed by atoms with van der Waals surface area (Å²) in [4.78, 5) is 4.31. The third kappa shape index (κ3) is 3.30. The lowest BCUT2D eigenvalue weighted by molar-refractivity contribution is 0.413. The highest BCUT2D eigenvalue weighted by Crippen LogP contribution is 2.24. The predicted octanol–water partition coefficient (Wildman–Crippen LogP) is 3.89. The molecule has 1 atom stereocenters. The summed E-state index contributed by atoms with van der Waals surface area (Å²) in [5.41, 5.74) is 1.33. The molecular weight excluding hydrogens is 230 g/mol. The van der Waals surface area contributed by atoms with E-state index in [1.807, 2.05) is 23.7 Å². The van der Waals surface area contributed by atoms with Gasteiger partial charge >= 0.3 is 0 Å². The fourth-order valence-corrected chi connectivity index (χ4v) is 2.47. The Bertz CT molecular complexity index is 453. The van der Waals surface area contributed by atoms with Gasteiger partial charge in [0.25, 0.3) is 0 Å². The molecule has 0 saturated carbocycles. The minimum Gasteiger partial charge on any atom is -0.497 e. The lowest BCUT2D eigenvalue weighted by atomic mass is 9.96. The van der Waals surface area contributed by atoms with Gasteiger partial charge in [0.05, 0.1) is 12.1 Å². The van der Waals surface area contributed by atoms with Gasteiger partial charge in [-0.05, 0) is 36.5 Å². The molecule has 0 radical (unpaired) electrons. The summed E-state index contributed by atoms with van der Waals surface area (Å²) < 4.78 is 5.25. The van der Waals surface area contributed by atoms with E-state index < -0.39 is 0 Å². The van der Waals surface area contributed by atoms with Gasteiger partial charge in [0.1, 0.15) is 5.75 Å². The van der Waals surface area contributed by atoms with E-state index in [-0.39, 0.29) is 0 Å². The van der Waals surface area contributed by atoms with Crippen LogP contribution < -0.4 is 4.74 Å². The zero-order valence-electron chi connectivity index (χ0n) is 10.2. The zero-order valence-corrected chi connectivity index (χ0v) is 11.0. The Hall–Kier alpha value is -1.35. The first kappa shape index (κ1) is 12.1. The second-order valence-corrected chi connectivity index (χ2v) is 5.12. The molecule has 2 aromatic rings. The van der Waals surface area contributed by atoms with Crippen LogP contribution in [0.5, 0.6) is 5.75 Å². The molecule has 3 heteroatoms. The van der Waals surface area contributed by atoms with E-state index in [0.717, 1.165) is 18.6 Å². The van der Waals surface area contributed by atoms with Gasteiger partial charge in [0, 0.05) is 11.6 Å². The summed E-state index contributed by atoms with van der Waals surface area (Å²) >= 11 is 1.73. The van der Waals surface area contributed by atoms with Gasteiger partial charge in [0.2, 0.25) is 0 Å². The first-order valence-electron chi connectivity index (χ1n) is 5.82. The van der Waals surface area contributed by atoms with Crippen molar-refractivity contribution in [1.82, 2.24) is 4.98 Å². The second-order valence-electron chi connectivity index (χ2n) is 4.14. The number of hydrogen-bond acceptors (Lipinski definition) is 3. The van der Waals surface area contributed by atoms with Gasteiger partial charge in [0.15, 0.2) is 0 Å². The van der Waals surface area contributed by atoms with Crippen molar-refractivity contribution in [3.63, 3.8) is 0 Å². The third-order valence-corrected chi connectivity index (χ3v) is 3.78. The maximum absolute atomic E-state index is 5.25. The van der Waals surface area contributed by atoms with Crippen molar-refractivity contribution in [3.8, 4) is 5.75 Å². The molecule has 90 valence electrons. The Kier molecular flexibility index (Phi) is 4.15. The number of thiazole rings is 1. The van der Waals surface area contributed by atoms with Gasteiger partial charge < -0.3 is 4.74 Å². The van der Waals surface area contributed by atoms with E-state index in [0.29, 0.717) is 5.92 Å². The van der Waals surface area contributed by atoms with Crippen LogP contribution in [0.25, 0.3) is 0 Å². The van der Waals surface area contributed by atoms with Gasteiger partial charge in [-0.3, -0.25) is 0 Å². The largest absolute Gasteiger partial charge is 0.497 e. The van der Waals surface area contributed by atoms with Crippen LogP contribution in [0.1, 0.15) is 29.8 Å². The number of methoxy groups -OCH3 is 1. The van der Waals surface area contributed by atoms with Crippen LogP contribution >= 0.6 is 11.3 Å². The van der Waals surface area contributed by atoms with Crippen molar-refractivity contribution in [2.45, 2.75) is 25.7 Å². The molecule has 1 aromatic heterocycles. The maximum atomic E-state index is 5.25. The molecule has 2 nitrogen and oxygen atoms in total. The van der Waals surface area contributed by atoms with Gasteiger partial charge in [-0.1, -0.05) is 19.1 Å². The first-order valence-corrected chi connectivity index (χ1v) is 6.70. The van der Waals surface area contributed by atoms with Crippen LogP contribution in [0.3, 0.4) is 0 Å². The molecule has 0 spiro atoms. The second kappa shape index (κ2) is 5.82. The molecule has 0 aliphatic heterocycles. The van der Waals surface area contributed by atoms with E-state index in [1.54, 1.807) is 18.4 Å².